The molecule has 0 heterocycles. The molecule has 0 saturated carbocycles. The SMILES string of the molecule is CN(CCS(C)(=O)=O)c1ccc(C=O)cc1[N+](=O)[O-]. The van der Waals surface area contributed by atoms with E-state index in [0.29, 0.717) is 6.29 Å². The smallest absolute Gasteiger partial charge is 0.293 e. The lowest BCUT2D eigenvalue weighted by molar-refractivity contribution is -0.384. The molecule has 0 saturated heterocycles. The monoisotopic (exact) mass is 286 g/mol. The van der Waals surface area contributed by atoms with Crippen molar-refractivity contribution in [3.8, 4) is 0 Å². The van der Waals surface area contributed by atoms with Gasteiger partial charge in [-0.1, -0.05) is 0 Å². The molecule has 0 atom stereocenters. The highest BCUT2D eigenvalue weighted by molar-refractivity contribution is 7.90. The molecule has 0 spiro atoms. The van der Waals surface area contributed by atoms with E-state index in [-0.39, 0.29) is 29.2 Å². The highest BCUT2D eigenvalue weighted by Crippen LogP contribution is 2.27. The molecule has 0 N–H and O–H groups in total. The minimum atomic E-state index is -3.14. The van der Waals surface area contributed by atoms with Crippen LogP contribution in [-0.4, -0.2) is 45.2 Å². The molecule has 0 aliphatic rings. The third-order valence-electron chi connectivity index (χ3n) is 2.54. The predicted molar refractivity (Wildman–Crippen MR) is 71.5 cm³/mol. The average molecular weight is 286 g/mol. The number of hydrogen-bond donors (Lipinski definition) is 0. The van der Waals surface area contributed by atoms with Crippen LogP contribution in [0.25, 0.3) is 0 Å². The van der Waals surface area contributed by atoms with Crippen molar-refractivity contribution in [3.63, 3.8) is 0 Å². The first-order chi connectivity index (χ1) is 8.74. The van der Waals surface area contributed by atoms with E-state index in [4.69, 9.17) is 0 Å². The Morgan fingerprint density at radius 1 is 1.42 bits per heavy atom. The Kier molecular flexibility index (Phi) is 4.60. The number of carbonyl (C=O) groups excluding carboxylic acids is 1. The van der Waals surface area contributed by atoms with Crippen LogP contribution < -0.4 is 4.90 Å². The van der Waals surface area contributed by atoms with Gasteiger partial charge < -0.3 is 4.90 Å². The Morgan fingerprint density at radius 2 is 2.05 bits per heavy atom. The molecule has 104 valence electrons. The highest BCUT2D eigenvalue weighted by Gasteiger charge is 2.18. The lowest BCUT2D eigenvalue weighted by Crippen LogP contribution is -2.25. The van der Waals surface area contributed by atoms with Crippen molar-refractivity contribution >= 4 is 27.5 Å². The van der Waals surface area contributed by atoms with Gasteiger partial charge in [0.2, 0.25) is 0 Å². The Bertz CT molecular complexity index is 597. The summed E-state index contributed by atoms with van der Waals surface area (Å²) >= 11 is 0. The maximum absolute atomic E-state index is 11.1. The topological polar surface area (TPSA) is 97.6 Å². The number of rotatable bonds is 6. The minimum Gasteiger partial charge on any atom is -0.368 e. The van der Waals surface area contributed by atoms with Gasteiger partial charge in [0.05, 0.1) is 10.7 Å². The summed E-state index contributed by atoms with van der Waals surface area (Å²) in [5.41, 5.74) is 0.256. The molecular weight excluding hydrogens is 272 g/mol. The summed E-state index contributed by atoms with van der Waals surface area (Å²) in [6, 6.07) is 4.05. The van der Waals surface area contributed by atoms with Crippen LogP contribution in [0.2, 0.25) is 0 Å². The summed E-state index contributed by atoms with van der Waals surface area (Å²) in [5.74, 6) is -0.101. The second-order valence-electron chi connectivity index (χ2n) is 4.17. The first-order valence-electron chi connectivity index (χ1n) is 5.37. The van der Waals surface area contributed by atoms with Gasteiger partial charge in [0.1, 0.15) is 21.8 Å². The van der Waals surface area contributed by atoms with Crippen molar-refractivity contribution < 1.29 is 18.1 Å². The lowest BCUT2D eigenvalue weighted by Gasteiger charge is -2.18. The summed E-state index contributed by atoms with van der Waals surface area (Å²) in [4.78, 5) is 22.4. The first-order valence-corrected chi connectivity index (χ1v) is 7.43. The fourth-order valence-corrected chi connectivity index (χ4v) is 2.11. The van der Waals surface area contributed by atoms with Gasteiger partial charge in [0, 0.05) is 31.5 Å². The molecular formula is C11H14N2O5S. The standard InChI is InChI=1S/C11H14N2O5S/c1-12(5-6-19(2,17)18)10-4-3-9(8-14)7-11(10)13(15)16/h3-4,7-8H,5-6H2,1-2H3. The van der Waals surface area contributed by atoms with E-state index in [1.54, 1.807) is 7.05 Å². The normalized spacial score (nSPS) is 11.1. The summed E-state index contributed by atoms with van der Waals surface area (Å²) in [7, 11) is -1.58. The van der Waals surface area contributed by atoms with Crippen molar-refractivity contribution in [1.82, 2.24) is 0 Å². The number of nitro groups is 1. The van der Waals surface area contributed by atoms with Crippen LogP contribution >= 0.6 is 0 Å². The summed E-state index contributed by atoms with van der Waals surface area (Å²) < 4.78 is 22.2. The molecule has 0 bridgehead atoms. The maximum atomic E-state index is 11.1. The van der Waals surface area contributed by atoms with Crippen LogP contribution in [-0.2, 0) is 9.84 Å². The predicted octanol–water partition coefficient (Wildman–Crippen LogP) is 0.888. The minimum absolute atomic E-state index is 0.101. The van der Waals surface area contributed by atoms with E-state index in [9.17, 15) is 23.3 Å². The molecule has 1 aromatic carbocycles. The van der Waals surface area contributed by atoms with Gasteiger partial charge in [-0.15, -0.1) is 0 Å². The van der Waals surface area contributed by atoms with Crippen LogP contribution in [0.1, 0.15) is 10.4 Å². The van der Waals surface area contributed by atoms with E-state index in [1.165, 1.54) is 23.1 Å². The van der Waals surface area contributed by atoms with Gasteiger partial charge in [-0.05, 0) is 12.1 Å². The zero-order chi connectivity index (χ0) is 14.6. The summed E-state index contributed by atoms with van der Waals surface area (Å²) in [6.07, 6.45) is 1.62. The van der Waals surface area contributed by atoms with Crippen LogP contribution in [0, 0.1) is 10.1 Å². The summed E-state index contributed by atoms with van der Waals surface area (Å²) in [6.45, 7) is 0.139. The largest absolute Gasteiger partial charge is 0.368 e. The van der Waals surface area contributed by atoms with E-state index in [1.807, 2.05) is 0 Å². The van der Waals surface area contributed by atoms with Crippen molar-refractivity contribution in [3.05, 3.63) is 33.9 Å². The molecule has 0 aromatic heterocycles. The molecule has 0 radical (unpaired) electrons. The number of aldehydes is 1. The van der Waals surface area contributed by atoms with Gasteiger partial charge in [-0.3, -0.25) is 14.9 Å². The van der Waals surface area contributed by atoms with E-state index >= 15 is 0 Å². The second-order valence-corrected chi connectivity index (χ2v) is 6.43. The number of hydrogen-bond acceptors (Lipinski definition) is 6. The van der Waals surface area contributed by atoms with Crippen molar-refractivity contribution in [2.24, 2.45) is 0 Å². The highest BCUT2D eigenvalue weighted by atomic mass is 32.2. The van der Waals surface area contributed by atoms with Crippen LogP contribution in [0.3, 0.4) is 0 Å². The number of carbonyl (C=O) groups is 1. The molecule has 0 aliphatic heterocycles. The fraction of sp³-hybridized carbons (Fsp3) is 0.364. The number of benzene rings is 1. The number of nitrogens with zero attached hydrogens (tertiary/aromatic N) is 2. The van der Waals surface area contributed by atoms with Crippen LogP contribution in [0.15, 0.2) is 18.2 Å². The quantitative estimate of drug-likeness (QED) is 0.437. The Hall–Kier alpha value is -1.96. The fourth-order valence-electron chi connectivity index (χ4n) is 1.51. The van der Waals surface area contributed by atoms with Gasteiger partial charge in [0.25, 0.3) is 5.69 Å². The lowest BCUT2D eigenvalue weighted by atomic mass is 10.2. The molecule has 0 unspecified atom stereocenters. The third kappa shape index (κ3) is 4.32. The third-order valence-corrected chi connectivity index (χ3v) is 3.47. The molecule has 7 nitrogen and oxygen atoms in total. The van der Waals surface area contributed by atoms with Crippen molar-refractivity contribution in [2.45, 2.75) is 0 Å². The van der Waals surface area contributed by atoms with Crippen molar-refractivity contribution in [1.29, 1.82) is 0 Å². The van der Waals surface area contributed by atoms with Gasteiger partial charge in [0.15, 0.2) is 0 Å². The molecule has 8 heteroatoms. The van der Waals surface area contributed by atoms with Gasteiger partial charge in [-0.25, -0.2) is 8.42 Å². The maximum Gasteiger partial charge on any atom is 0.293 e. The van der Waals surface area contributed by atoms with Crippen LogP contribution in [0.5, 0.6) is 0 Å². The van der Waals surface area contributed by atoms with Crippen molar-refractivity contribution in [2.75, 3.05) is 30.5 Å². The molecule has 1 aromatic rings. The molecule has 0 aliphatic carbocycles. The number of anilines is 1. The zero-order valence-corrected chi connectivity index (χ0v) is 11.4. The number of sulfone groups is 1. The molecule has 1 rings (SSSR count). The first kappa shape index (κ1) is 15.1. The summed E-state index contributed by atoms with van der Waals surface area (Å²) in [5, 5.41) is 10.9. The average Bonchev–Trinajstić information content (AvgIpc) is 2.34. The Morgan fingerprint density at radius 3 is 2.53 bits per heavy atom. The molecule has 0 fully saturated rings. The zero-order valence-electron chi connectivity index (χ0n) is 10.6. The van der Waals surface area contributed by atoms with E-state index in [2.05, 4.69) is 0 Å². The second kappa shape index (κ2) is 5.79. The molecule has 0 amide bonds. The van der Waals surface area contributed by atoms with Crippen LogP contribution in [0.4, 0.5) is 11.4 Å². The number of nitro benzene ring substituents is 1. The van der Waals surface area contributed by atoms with Gasteiger partial charge in [-0.2, -0.15) is 0 Å². The Labute approximate surface area is 110 Å². The Balaban J connectivity index is 3.05. The molecule has 19 heavy (non-hydrogen) atoms. The van der Waals surface area contributed by atoms with E-state index < -0.39 is 14.8 Å². The van der Waals surface area contributed by atoms with E-state index in [0.717, 1.165) is 6.26 Å². The van der Waals surface area contributed by atoms with Gasteiger partial charge >= 0.3 is 0 Å².